The Bertz CT molecular complexity index is 718. The lowest BCUT2D eigenvalue weighted by Crippen LogP contribution is -2.11. The fraction of sp³-hybridized carbons (Fsp3) is 0.471. The van der Waals surface area contributed by atoms with Crippen LogP contribution in [-0.4, -0.2) is 15.9 Å². The second-order valence-electron chi connectivity index (χ2n) is 6.12. The number of carbonyl (C=O) groups excluding carboxylic acids is 1. The predicted octanol–water partition coefficient (Wildman–Crippen LogP) is 3.61. The van der Waals surface area contributed by atoms with Crippen LogP contribution in [-0.2, 0) is 6.42 Å². The molecule has 0 aliphatic heterocycles. The summed E-state index contributed by atoms with van der Waals surface area (Å²) in [4.78, 5) is 16.2. The lowest BCUT2D eigenvalue weighted by molar-refractivity contribution is 0.0972. The van der Waals surface area contributed by atoms with Crippen LogP contribution in [0.1, 0.15) is 72.3 Å². The molecule has 2 aliphatic carbocycles. The minimum atomic E-state index is -0.294. The molecule has 0 unspecified atom stereocenters. The van der Waals surface area contributed by atoms with Crippen molar-refractivity contribution in [3.63, 3.8) is 0 Å². The number of ketones is 1. The fourth-order valence-corrected chi connectivity index (χ4v) is 2.87. The molecule has 5 heteroatoms. The molecule has 1 atom stereocenters. The number of rotatable bonds is 4. The summed E-state index contributed by atoms with van der Waals surface area (Å²) in [5.41, 5.74) is 1.91. The van der Waals surface area contributed by atoms with E-state index in [2.05, 4.69) is 10.1 Å². The molecule has 0 amide bonds. The summed E-state index contributed by atoms with van der Waals surface area (Å²) in [5, 5.41) is 4.01. The summed E-state index contributed by atoms with van der Waals surface area (Å²) in [5.74, 6) is 2.75. The number of hydrogen-bond donors (Lipinski definition) is 0. The van der Waals surface area contributed by atoms with Crippen molar-refractivity contribution in [2.75, 3.05) is 0 Å². The summed E-state index contributed by atoms with van der Waals surface area (Å²) in [6.45, 7) is 1.90. The Hall–Kier alpha value is -2.17. The number of Topliss-reactive ketones (excluding diaryl/α,β-unsaturated/α-hetero) is 1. The third-order valence-corrected chi connectivity index (χ3v) is 4.29. The third-order valence-electron chi connectivity index (χ3n) is 4.29. The molecule has 114 valence electrons. The average Bonchev–Trinajstić information content (AvgIpc) is 3.24. The van der Waals surface area contributed by atoms with Gasteiger partial charge in [-0.2, -0.15) is 4.98 Å². The molecule has 1 aromatic carbocycles. The van der Waals surface area contributed by atoms with Gasteiger partial charge in [-0.15, -0.1) is 0 Å². The standard InChI is InChI=1S/C17H18N2O3/c1-10(17-18-16(19-22-17)11-5-6-11)21-13-7-8-14-12(9-13)3-2-4-15(14)20/h7-11H,2-6H2,1H3/t10-/m0/s1. The molecule has 1 aromatic heterocycles. The van der Waals surface area contributed by atoms with Gasteiger partial charge in [0.1, 0.15) is 5.75 Å². The van der Waals surface area contributed by atoms with Gasteiger partial charge in [0.2, 0.25) is 0 Å². The second kappa shape index (κ2) is 5.23. The molecular weight excluding hydrogens is 280 g/mol. The summed E-state index contributed by atoms with van der Waals surface area (Å²) in [6, 6.07) is 5.67. The predicted molar refractivity (Wildman–Crippen MR) is 79.0 cm³/mol. The molecule has 1 heterocycles. The number of benzene rings is 1. The SMILES string of the molecule is C[C@H](Oc1ccc2c(c1)CCCC2=O)c1nc(C2CC2)no1. The smallest absolute Gasteiger partial charge is 0.267 e. The monoisotopic (exact) mass is 298 g/mol. The van der Waals surface area contributed by atoms with Crippen molar-refractivity contribution in [1.29, 1.82) is 0 Å². The molecular formula is C17H18N2O3. The average molecular weight is 298 g/mol. The molecule has 0 spiro atoms. The van der Waals surface area contributed by atoms with Crippen LogP contribution in [0.2, 0.25) is 0 Å². The molecule has 0 N–H and O–H groups in total. The Kier molecular flexibility index (Phi) is 3.21. The quantitative estimate of drug-likeness (QED) is 0.862. The number of nitrogens with zero attached hydrogens (tertiary/aromatic N) is 2. The highest BCUT2D eigenvalue weighted by molar-refractivity contribution is 5.98. The maximum atomic E-state index is 11.8. The first-order chi connectivity index (χ1) is 10.7. The number of hydrogen-bond acceptors (Lipinski definition) is 5. The Morgan fingerprint density at radius 1 is 1.32 bits per heavy atom. The lowest BCUT2D eigenvalue weighted by atomic mass is 9.90. The van der Waals surface area contributed by atoms with E-state index in [1.807, 2.05) is 25.1 Å². The van der Waals surface area contributed by atoms with Gasteiger partial charge in [-0.25, -0.2) is 0 Å². The van der Waals surface area contributed by atoms with Crippen LogP contribution >= 0.6 is 0 Å². The zero-order chi connectivity index (χ0) is 15.1. The van der Waals surface area contributed by atoms with E-state index in [1.54, 1.807) is 0 Å². The second-order valence-corrected chi connectivity index (χ2v) is 6.12. The summed E-state index contributed by atoms with van der Waals surface area (Å²) < 4.78 is 11.2. The number of ether oxygens (including phenoxy) is 1. The van der Waals surface area contributed by atoms with E-state index in [1.165, 1.54) is 0 Å². The topological polar surface area (TPSA) is 65.2 Å². The van der Waals surface area contributed by atoms with E-state index in [4.69, 9.17) is 9.26 Å². The van der Waals surface area contributed by atoms with Crippen LogP contribution < -0.4 is 4.74 Å². The molecule has 0 bridgehead atoms. The molecule has 2 aliphatic rings. The van der Waals surface area contributed by atoms with Crippen molar-refractivity contribution < 1.29 is 14.1 Å². The molecule has 5 nitrogen and oxygen atoms in total. The lowest BCUT2D eigenvalue weighted by Gasteiger charge is -2.17. The fourth-order valence-electron chi connectivity index (χ4n) is 2.87. The largest absolute Gasteiger partial charge is 0.481 e. The van der Waals surface area contributed by atoms with E-state index in [0.717, 1.165) is 48.4 Å². The highest BCUT2D eigenvalue weighted by Gasteiger charge is 2.30. The first-order valence-corrected chi connectivity index (χ1v) is 7.87. The van der Waals surface area contributed by atoms with Gasteiger partial charge in [-0.05, 0) is 56.4 Å². The minimum absolute atomic E-state index is 0.229. The van der Waals surface area contributed by atoms with Crippen molar-refractivity contribution >= 4 is 5.78 Å². The molecule has 0 radical (unpaired) electrons. The van der Waals surface area contributed by atoms with E-state index >= 15 is 0 Å². The summed E-state index contributed by atoms with van der Waals surface area (Å²) in [6.07, 6.45) is 4.49. The molecule has 0 saturated heterocycles. The van der Waals surface area contributed by atoms with Crippen molar-refractivity contribution in [3.8, 4) is 5.75 Å². The van der Waals surface area contributed by atoms with Gasteiger partial charge in [0, 0.05) is 17.9 Å². The van der Waals surface area contributed by atoms with E-state index in [9.17, 15) is 4.79 Å². The number of aryl methyl sites for hydroxylation is 1. The van der Waals surface area contributed by atoms with Gasteiger partial charge in [-0.1, -0.05) is 5.16 Å². The minimum Gasteiger partial charge on any atom is -0.481 e. The van der Waals surface area contributed by atoms with Crippen molar-refractivity contribution in [1.82, 2.24) is 10.1 Å². The number of aromatic nitrogens is 2. The van der Waals surface area contributed by atoms with Gasteiger partial charge in [0.25, 0.3) is 5.89 Å². The maximum Gasteiger partial charge on any atom is 0.267 e. The maximum absolute atomic E-state index is 11.8. The van der Waals surface area contributed by atoms with E-state index < -0.39 is 0 Å². The highest BCUT2D eigenvalue weighted by atomic mass is 16.5. The molecule has 2 aromatic rings. The highest BCUT2D eigenvalue weighted by Crippen LogP contribution is 2.38. The van der Waals surface area contributed by atoms with Crippen LogP contribution in [0.4, 0.5) is 0 Å². The van der Waals surface area contributed by atoms with Gasteiger partial charge in [0.05, 0.1) is 0 Å². The van der Waals surface area contributed by atoms with Crippen molar-refractivity contribution in [2.24, 2.45) is 0 Å². The van der Waals surface area contributed by atoms with Crippen LogP contribution in [0.15, 0.2) is 22.7 Å². The van der Waals surface area contributed by atoms with Crippen LogP contribution in [0, 0.1) is 0 Å². The molecule has 1 saturated carbocycles. The van der Waals surface area contributed by atoms with Crippen molar-refractivity contribution in [3.05, 3.63) is 41.0 Å². The first kappa shape index (κ1) is 13.5. The van der Waals surface area contributed by atoms with Gasteiger partial charge in [0.15, 0.2) is 17.7 Å². The van der Waals surface area contributed by atoms with Gasteiger partial charge >= 0.3 is 0 Å². The Balaban J connectivity index is 1.51. The number of fused-ring (bicyclic) bond motifs is 1. The van der Waals surface area contributed by atoms with E-state index in [0.29, 0.717) is 18.2 Å². The Morgan fingerprint density at radius 3 is 3.00 bits per heavy atom. The molecule has 22 heavy (non-hydrogen) atoms. The van der Waals surface area contributed by atoms with Crippen molar-refractivity contribution in [2.45, 2.75) is 51.0 Å². The Labute approximate surface area is 128 Å². The molecule has 4 rings (SSSR count). The third kappa shape index (κ3) is 2.51. The number of carbonyl (C=O) groups is 1. The van der Waals surface area contributed by atoms with Gasteiger partial charge in [-0.3, -0.25) is 4.79 Å². The van der Waals surface area contributed by atoms with Gasteiger partial charge < -0.3 is 9.26 Å². The zero-order valence-corrected chi connectivity index (χ0v) is 12.5. The zero-order valence-electron chi connectivity index (χ0n) is 12.5. The van der Waals surface area contributed by atoms with Crippen LogP contribution in [0.3, 0.4) is 0 Å². The van der Waals surface area contributed by atoms with Crippen LogP contribution in [0.25, 0.3) is 0 Å². The van der Waals surface area contributed by atoms with E-state index in [-0.39, 0.29) is 11.9 Å². The Morgan fingerprint density at radius 2 is 2.18 bits per heavy atom. The summed E-state index contributed by atoms with van der Waals surface area (Å²) in [7, 11) is 0. The first-order valence-electron chi connectivity index (χ1n) is 7.87. The van der Waals surface area contributed by atoms with Crippen LogP contribution in [0.5, 0.6) is 5.75 Å². The normalized spacial score (nSPS) is 18.9. The summed E-state index contributed by atoms with van der Waals surface area (Å²) >= 11 is 0. The molecule has 1 fully saturated rings.